The van der Waals surface area contributed by atoms with Gasteiger partial charge in [-0.25, -0.2) is 0 Å². The summed E-state index contributed by atoms with van der Waals surface area (Å²) in [5.74, 6) is 0.875. The van der Waals surface area contributed by atoms with Crippen molar-refractivity contribution < 1.29 is 4.74 Å². The fourth-order valence-electron chi connectivity index (χ4n) is 4.64. The summed E-state index contributed by atoms with van der Waals surface area (Å²) in [6.07, 6.45) is 7.21. The molecule has 5 unspecified atom stereocenters. The molecule has 0 aliphatic heterocycles. The van der Waals surface area contributed by atoms with Crippen LogP contribution in [0.2, 0.25) is 0 Å². The first-order valence-corrected chi connectivity index (χ1v) is 8.70. The number of hydrogen-bond donors (Lipinski definition) is 1. The SMILES string of the molecule is CCCNC(C)CC(C)OC1CC2CCC1(C)C2(C)C. The minimum absolute atomic E-state index is 0.367. The van der Waals surface area contributed by atoms with Gasteiger partial charge in [-0.05, 0) is 69.2 Å². The van der Waals surface area contributed by atoms with E-state index in [4.69, 9.17) is 4.74 Å². The van der Waals surface area contributed by atoms with Crippen LogP contribution in [0.15, 0.2) is 0 Å². The maximum atomic E-state index is 6.49. The molecule has 0 amide bonds. The summed E-state index contributed by atoms with van der Waals surface area (Å²) >= 11 is 0. The molecule has 2 nitrogen and oxygen atoms in total. The molecule has 20 heavy (non-hydrogen) atoms. The van der Waals surface area contributed by atoms with E-state index in [1.54, 1.807) is 0 Å². The van der Waals surface area contributed by atoms with Crippen LogP contribution in [0.1, 0.15) is 73.6 Å². The monoisotopic (exact) mass is 281 g/mol. The van der Waals surface area contributed by atoms with E-state index < -0.39 is 0 Å². The quantitative estimate of drug-likeness (QED) is 0.747. The van der Waals surface area contributed by atoms with Gasteiger partial charge in [0, 0.05) is 6.04 Å². The molecule has 0 radical (unpaired) electrons. The maximum Gasteiger partial charge on any atom is 0.0640 e. The summed E-state index contributed by atoms with van der Waals surface area (Å²) in [4.78, 5) is 0. The molecule has 118 valence electrons. The van der Waals surface area contributed by atoms with E-state index in [2.05, 4.69) is 46.9 Å². The third kappa shape index (κ3) is 2.78. The number of hydrogen-bond acceptors (Lipinski definition) is 2. The van der Waals surface area contributed by atoms with Gasteiger partial charge in [-0.3, -0.25) is 0 Å². The molecule has 2 fully saturated rings. The molecule has 2 saturated carbocycles. The van der Waals surface area contributed by atoms with Crippen LogP contribution in [0.4, 0.5) is 0 Å². The maximum absolute atomic E-state index is 6.49. The normalized spacial score (nSPS) is 38.1. The Morgan fingerprint density at radius 1 is 1.25 bits per heavy atom. The molecule has 2 aliphatic carbocycles. The molecule has 0 spiro atoms. The molecule has 0 aromatic rings. The predicted octanol–water partition coefficient (Wildman–Crippen LogP) is 4.38. The van der Waals surface area contributed by atoms with E-state index in [-0.39, 0.29) is 0 Å². The van der Waals surface area contributed by atoms with Gasteiger partial charge >= 0.3 is 0 Å². The molecule has 1 N–H and O–H groups in total. The zero-order chi connectivity index (χ0) is 15.0. The standard InChI is InChI=1S/C18H35NO/c1-7-10-19-13(2)11-14(3)20-16-12-15-8-9-18(16,6)17(15,4)5/h13-16,19H,7-12H2,1-6H3. The first-order chi connectivity index (χ1) is 9.31. The van der Waals surface area contributed by atoms with E-state index in [0.717, 1.165) is 18.9 Å². The minimum atomic E-state index is 0.367. The van der Waals surface area contributed by atoms with Crippen LogP contribution in [0.25, 0.3) is 0 Å². The molecule has 0 saturated heterocycles. The van der Waals surface area contributed by atoms with Crippen LogP contribution in [-0.2, 0) is 4.74 Å². The van der Waals surface area contributed by atoms with Crippen LogP contribution < -0.4 is 5.32 Å². The lowest BCUT2D eigenvalue weighted by atomic mass is 9.70. The Bertz CT molecular complexity index is 327. The third-order valence-corrected chi connectivity index (χ3v) is 6.54. The van der Waals surface area contributed by atoms with Gasteiger partial charge in [0.1, 0.15) is 0 Å². The third-order valence-electron chi connectivity index (χ3n) is 6.54. The van der Waals surface area contributed by atoms with Crippen LogP contribution >= 0.6 is 0 Å². The second-order valence-electron chi connectivity index (χ2n) is 8.14. The van der Waals surface area contributed by atoms with Crippen LogP contribution in [0.3, 0.4) is 0 Å². The first kappa shape index (κ1) is 16.3. The predicted molar refractivity (Wildman–Crippen MR) is 85.9 cm³/mol. The summed E-state index contributed by atoms with van der Waals surface area (Å²) in [6.45, 7) is 15.3. The Balaban J connectivity index is 1.85. The van der Waals surface area contributed by atoms with Crippen molar-refractivity contribution in [1.82, 2.24) is 5.32 Å². The van der Waals surface area contributed by atoms with Crippen molar-refractivity contribution in [2.75, 3.05) is 6.54 Å². The number of nitrogens with one attached hydrogen (secondary N) is 1. The molecule has 2 bridgehead atoms. The van der Waals surface area contributed by atoms with Gasteiger partial charge in [0.15, 0.2) is 0 Å². The lowest BCUT2D eigenvalue weighted by molar-refractivity contribution is -0.0841. The summed E-state index contributed by atoms with van der Waals surface area (Å²) in [6, 6.07) is 0.560. The molecule has 2 rings (SSSR count). The summed E-state index contributed by atoms with van der Waals surface area (Å²) in [5.41, 5.74) is 0.857. The zero-order valence-corrected chi connectivity index (χ0v) is 14.5. The van der Waals surface area contributed by atoms with Crippen LogP contribution in [0.5, 0.6) is 0 Å². The topological polar surface area (TPSA) is 21.3 Å². The summed E-state index contributed by atoms with van der Waals surface area (Å²) in [5, 5.41) is 3.57. The zero-order valence-electron chi connectivity index (χ0n) is 14.5. The molecular weight excluding hydrogens is 246 g/mol. The van der Waals surface area contributed by atoms with Crippen molar-refractivity contribution in [3.8, 4) is 0 Å². The van der Waals surface area contributed by atoms with Gasteiger partial charge in [-0.1, -0.05) is 27.7 Å². The van der Waals surface area contributed by atoms with E-state index in [1.165, 1.54) is 25.7 Å². The van der Waals surface area contributed by atoms with Crippen molar-refractivity contribution >= 4 is 0 Å². The summed E-state index contributed by atoms with van der Waals surface area (Å²) in [7, 11) is 0. The Morgan fingerprint density at radius 2 is 1.95 bits per heavy atom. The van der Waals surface area contributed by atoms with E-state index in [1.807, 2.05) is 0 Å². The molecule has 0 heterocycles. The highest BCUT2D eigenvalue weighted by atomic mass is 16.5. The van der Waals surface area contributed by atoms with Gasteiger partial charge in [0.2, 0.25) is 0 Å². The molecule has 5 atom stereocenters. The Morgan fingerprint density at radius 3 is 2.45 bits per heavy atom. The van der Waals surface area contributed by atoms with Crippen molar-refractivity contribution in [1.29, 1.82) is 0 Å². The van der Waals surface area contributed by atoms with Gasteiger partial charge in [-0.2, -0.15) is 0 Å². The van der Waals surface area contributed by atoms with Crippen LogP contribution in [-0.4, -0.2) is 24.8 Å². The summed E-state index contributed by atoms with van der Waals surface area (Å²) < 4.78 is 6.49. The highest BCUT2D eigenvalue weighted by Crippen LogP contribution is 2.66. The molecule has 0 aromatic carbocycles. The van der Waals surface area contributed by atoms with E-state index >= 15 is 0 Å². The van der Waals surface area contributed by atoms with Crippen molar-refractivity contribution in [2.24, 2.45) is 16.7 Å². The van der Waals surface area contributed by atoms with Crippen molar-refractivity contribution in [3.05, 3.63) is 0 Å². The van der Waals surface area contributed by atoms with Gasteiger partial charge < -0.3 is 10.1 Å². The number of fused-ring (bicyclic) bond motifs is 2. The molecule has 2 aliphatic rings. The smallest absolute Gasteiger partial charge is 0.0640 e. The average molecular weight is 281 g/mol. The number of rotatable bonds is 7. The Hall–Kier alpha value is -0.0800. The molecule has 2 heteroatoms. The molecule has 0 aromatic heterocycles. The molecular formula is C18H35NO. The fourth-order valence-corrected chi connectivity index (χ4v) is 4.64. The second-order valence-corrected chi connectivity index (χ2v) is 8.14. The van der Waals surface area contributed by atoms with E-state index in [9.17, 15) is 0 Å². The largest absolute Gasteiger partial charge is 0.375 e. The van der Waals surface area contributed by atoms with Gasteiger partial charge in [0.05, 0.1) is 12.2 Å². The Kier molecular flexibility index (Phi) is 4.86. The van der Waals surface area contributed by atoms with E-state index in [0.29, 0.717) is 29.1 Å². The highest BCUT2D eigenvalue weighted by Gasteiger charge is 2.62. The van der Waals surface area contributed by atoms with Crippen molar-refractivity contribution in [2.45, 2.75) is 91.9 Å². The minimum Gasteiger partial charge on any atom is -0.375 e. The van der Waals surface area contributed by atoms with Crippen molar-refractivity contribution in [3.63, 3.8) is 0 Å². The lowest BCUT2D eigenvalue weighted by Crippen LogP contribution is -2.40. The average Bonchev–Trinajstić information content (AvgIpc) is 2.69. The number of ether oxygens (including phenoxy) is 1. The fraction of sp³-hybridized carbons (Fsp3) is 1.00. The Labute approximate surface area is 126 Å². The highest BCUT2D eigenvalue weighted by molar-refractivity contribution is 5.11. The van der Waals surface area contributed by atoms with Crippen LogP contribution in [0, 0.1) is 16.7 Å². The second kappa shape index (κ2) is 5.96. The van der Waals surface area contributed by atoms with Gasteiger partial charge in [-0.15, -0.1) is 0 Å². The van der Waals surface area contributed by atoms with Gasteiger partial charge in [0.25, 0.3) is 0 Å². The lowest BCUT2D eigenvalue weighted by Gasteiger charge is -2.40. The first-order valence-electron chi connectivity index (χ1n) is 8.70.